The maximum absolute atomic E-state index is 13.4. The van der Waals surface area contributed by atoms with E-state index >= 15 is 0 Å². The molecule has 0 bridgehead atoms. The number of amides is 2. The van der Waals surface area contributed by atoms with Crippen molar-refractivity contribution in [2.45, 2.75) is 12.5 Å². The van der Waals surface area contributed by atoms with Gasteiger partial charge >= 0.3 is 0 Å². The number of anilines is 1. The van der Waals surface area contributed by atoms with Gasteiger partial charge in [0.1, 0.15) is 11.8 Å². The van der Waals surface area contributed by atoms with E-state index in [4.69, 9.17) is 4.74 Å². The molecule has 140 valence electrons. The van der Waals surface area contributed by atoms with Gasteiger partial charge in [0.25, 0.3) is 11.8 Å². The van der Waals surface area contributed by atoms with Crippen LogP contribution in [0.5, 0.6) is 5.75 Å². The summed E-state index contributed by atoms with van der Waals surface area (Å²) < 4.78 is 5.46. The Labute approximate surface area is 160 Å². The Morgan fingerprint density at radius 3 is 3.07 bits per heavy atom. The quantitative estimate of drug-likeness (QED) is 0.713. The maximum atomic E-state index is 13.4. The molecule has 0 radical (unpaired) electrons. The van der Waals surface area contributed by atoms with Crippen molar-refractivity contribution >= 4 is 17.5 Å². The summed E-state index contributed by atoms with van der Waals surface area (Å²) in [5.74, 6) is 0.178. The van der Waals surface area contributed by atoms with Gasteiger partial charge in [-0.25, -0.2) is 4.98 Å². The van der Waals surface area contributed by atoms with E-state index in [9.17, 15) is 9.59 Å². The zero-order chi connectivity index (χ0) is 19.1. The highest BCUT2D eigenvalue weighted by molar-refractivity contribution is 5.99. The number of fused-ring (bicyclic) bond motifs is 2. The molecule has 0 saturated carbocycles. The topological polar surface area (TPSA) is 100 Å². The third-order valence-corrected chi connectivity index (χ3v) is 5.05. The first-order valence-corrected chi connectivity index (χ1v) is 9.00. The van der Waals surface area contributed by atoms with Crippen molar-refractivity contribution in [2.75, 3.05) is 18.5 Å². The van der Waals surface area contributed by atoms with E-state index < -0.39 is 0 Å². The van der Waals surface area contributed by atoms with Crippen molar-refractivity contribution < 1.29 is 14.3 Å². The minimum absolute atomic E-state index is 0.0523. The molecule has 8 heteroatoms. The highest BCUT2D eigenvalue weighted by Gasteiger charge is 2.35. The summed E-state index contributed by atoms with van der Waals surface area (Å²) in [6.45, 7) is 0.506. The van der Waals surface area contributed by atoms with Crippen LogP contribution in [0.2, 0.25) is 0 Å². The lowest BCUT2D eigenvalue weighted by Crippen LogP contribution is -2.40. The molecule has 1 aromatic carbocycles. The zero-order valence-electron chi connectivity index (χ0n) is 14.9. The van der Waals surface area contributed by atoms with Gasteiger partial charge < -0.3 is 19.9 Å². The highest BCUT2D eigenvalue weighted by Crippen LogP contribution is 2.35. The number of hydrogen-bond acceptors (Lipinski definition) is 5. The first-order valence-electron chi connectivity index (χ1n) is 9.00. The number of ether oxygens (including phenoxy) is 1. The van der Waals surface area contributed by atoms with Crippen LogP contribution in [0.25, 0.3) is 0 Å². The SMILES string of the molecule is O=C1COc2cc(C(=O)N3CCc4[nH]cnc4C3c3cccnc3)ccc2N1. The number of imidazole rings is 1. The minimum atomic E-state index is -0.312. The predicted molar refractivity (Wildman–Crippen MR) is 100.0 cm³/mol. The fourth-order valence-electron chi connectivity index (χ4n) is 3.74. The number of nitrogens with zero attached hydrogens (tertiary/aromatic N) is 3. The highest BCUT2D eigenvalue weighted by atomic mass is 16.5. The normalized spacial score (nSPS) is 17.9. The Bertz CT molecular complexity index is 1060. The average molecular weight is 375 g/mol. The summed E-state index contributed by atoms with van der Waals surface area (Å²) >= 11 is 0. The van der Waals surface area contributed by atoms with Crippen LogP contribution >= 0.6 is 0 Å². The van der Waals surface area contributed by atoms with Gasteiger partial charge in [-0.15, -0.1) is 0 Å². The smallest absolute Gasteiger partial charge is 0.262 e. The largest absolute Gasteiger partial charge is 0.482 e. The number of hydrogen-bond donors (Lipinski definition) is 2. The number of benzene rings is 1. The van der Waals surface area contributed by atoms with E-state index in [0.29, 0.717) is 30.0 Å². The molecule has 2 N–H and O–H groups in total. The van der Waals surface area contributed by atoms with Crippen LogP contribution in [0, 0.1) is 0 Å². The number of carbonyl (C=O) groups is 2. The first kappa shape index (κ1) is 16.5. The van der Waals surface area contributed by atoms with Crippen molar-refractivity contribution in [3.63, 3.8) is 0 Å². The molecule has 8 nitrogen and oxygen atoms in total. The van der Waals surface area contributed by atoms with Crippen molar-refractivity contribution in [1.82, 2.24) is 19.9 Å². The van der Waals surface area contributed by atoms with Gasteiger partial charge in [-0.2, -0.15) is 0 Å². The number of aromatic amines is 1. The number of H-pyrrole nitrogens is 1. The Hall–Kier alpha value is -3.68. The van der Waals surface area contributed by atoms with Gasteiger partial charge in [0.05, 0.1) is 17.7 Å². The molecule has 2 aliphatic heterocycles. The van der Waals surface area contributed by atoms with E-state index in [1.54, 1.807) is 36.9 Å². The van der Waals surface area contributed by atoms with E-state index in [1.807, 2.05) is 17.0 Å². The minimum Gasteiger partial charge on any atom is -0.482 e. The van der Waals surface area contributed by atoms with Crippen LogP contribution in [-0.2, 0) is 11.2 Å². The molecule has 1 atom stereocenters. The van der Waals surface area contributed by atoms with Gasteiger partial charge in [0.15, 0.2) is 6.61 Å². The number of rotatable bonds is 2. The molecule has 0 aliphatic carbocycles. The van der Waals surface area contributed by atoms with Crippen molar-refractivity contribution in [1.29, 1.82) is 0 Å². The van der Waals surface area contributed by atoms with Gasteiger partial charge in [-0.1, -0.05) is 6.07 Å². The van der Waals surface area contributed by atoms with Gasteiger partial charge in [-0.05, 0) is 29.8 Å². The van der Waals surface area contributed by atoms with E-state index in [-0.39, 0.29) is 24.5 Å². The molecular formula is C20H17N5O3. The molecule has 3 aromatic rings. The molecule has 2 aliphatic rings. The number of aromatic nitrogens is 3. The molecule has 28 heavy (non-hydrogen) atoms. The van der Waals surface area contributed by atoms with E-state index in [0.717, 1.165) is 17.0 Å². The van der Waals surface area contributed by atoms with Gasteiger partial charge in [0, 0.05) is 36.6 Å². The lowest BCUT2D eigenvalue weighted by Gasteiger charge is -2.35. The fourth-order valence-corrected chi connectivity index (χ4v) is 3.74. The van der Waals surface area contributed by atoms with Crippen LogP contribution < -0.4 is 10.1 Å². The molecule has 0 fully saturated rings. The van der Waals surface area contributed by atoms with Crippen LogP contribution in [0.1, 0.15) is 33.4 Å². The van der Waals surface area contributed by atoms with Crippen molar-refractivity contribution in [3.05, 3.63) is 71.6 Å². The van der Waals surface area contributed by atoms with Crippen LogP contribution in [-0.4, -0.2) is 44.8 Å². The lowest BCUT2D eigenvalue weighted by molar-refractivity contribution is -0.118. The predicted octanol–water partition coefficient (Wildman–Crippen LogP) is 1.92. The van der Waals surface area contributed by atoms with E-state index in [2.05, 4.69) is 20.3 Å². The summed E-state index contributed by atoms with van der Waals surface area (Å²) in [7, 11) is 0. The van der Waals surface area contributed by atoms with Crippen LogP contribution in [0.3, 0.4) is 0 Å². The second kappa shape index (κ2) is 6.49. The number of pyridine rings is 1. The van der Waals surface area contributed by atoms with Gasteiger partial charge in [-0.3, -0.25) is 14.6 Å². The van der Waals surface area contributed by atoms with Crippen LogP contribution in [0.15, 0.2) is 49.1 Å². The monoisotopic (exact) mass is 375 g/mol. The summed E-state index contributed by atoms with van der Waals surface area (Å²) in [6, 6.07) is 8.57. The van der Waals surface area contributed by atoms with Crippen LogP contribution in [0.4, 0.5) is 5.69 Å². The van der Waals surface area contributed by atoms with Crippen molar-refractivity contribution in [3.8, 4) is 5.75 Å². The Kier molecular flexibility index (Phi) is 3.82. The summed E-state index contributed by atoms with van der Waals surface area (Å²) in [6.07, 6.45) is 5.84. The lowest BCUT2D eigenvalue weighted by atomic mass is 9.96. The number of carbonyl (C=O) groups excluding carboxylic acids is 2. The summed E-state index contributed by atoms with van der Waals surface area (Å²) in [5.41, 5.74) is 3.86. The molecule has 5 rings (SSSR count). The number of nitrogens with one attached hydrogen (secondary N) is 2. The average Bonchev–Trinajstić information content (AvgIpc) is 3.21. The zero-order valence-corrected chi connectivity index (χ0v) is 14.9. The maximum Gasteiger partial charge on any atom is 0.262 e. The fraction of sp³-hybridized carbons (Fsp3) is 0.200. The van der Waals surface area contributed by atoms with E-state index in [1.165, 1.54) is 0 Å². The third-order valence-electron chi connectivity index (χ3n) is 5.05. The summed E-state index contributed by atoms with van der Waals surface area (Å²) in [4.78, 5) is 38.5. The molecule has 2 amide bonds. The summed E-state index contributed by atoms with van der Waals surface area (Å²) in [5, 5.41) is 2.74. The first-order chi connectivity index (χ1) is 13.7. The molecule has 2 aromatic heterocycles. The second-order valence-corrected chi connectivity index (χ2v) is 6.75. The molecule has 1 unspecified atom stereocenters. The molecule has 4 heterocycles. The van der Waals surface area contributed by atoms with Gasteiger partial charge in [0.2, 0.25) is 0 Å². The second-order valence-electron chi connectivity index (χ2n) is 6.75. The standard InChI is InChI=1S/C20H17N5O3/c26-17-10-28-16-8-12(3-4-14(16)24-17)20(27)25-7-5-15-18(23-11-22-15)19(25)13-2-1-6-21-9-13/h1-4,6,8-9,11,19H,5,7,10H2,(H,22,23)(H,24,26). The Morgan fingerprint density at radius 1 is 1.29 bits per heavy atom. The molecular weight excluding hydrogens is 358 g/mol. The van der Waals surface area contributed by atoms with Crippen molar-refractivity contribution in [2.24, 2.45) is 0 Å². The Balaban J connectivity index is 1.52. The third kappa shape index (κ3) is 2.70. The molecule has 0 spiro atoms. The molecule has 0 saturated heterocycles. The Morgan fingerprint density at radius 2 is 2.21 bits per heavy atom.